The Morgan fingerprint density at radius 3 is 2.83 bits per heavy atom. The van der Waals surface area contributed by atoms with Crippen LogP contribution in [0.5, 0.6) is 0 Å². The van der Waals surface area contributed by atoms with Crippen molar-refractivity contribution < 1.29 is 4.79 Å². The molecule has 5 heteroatoms. The van der Waals surface area contributed by atoms with Crippen molar-refractivity contribution >= 4 is 23.2 Å². The molecule has 0 aliphatic carbocycles. The number of benzene rings is 2. The number of nitrogen functional groups attached to an aromatic ring is 1. The van der Waals surface area contributed by atoms with Crippen LogP contribution in [0.2, 0.25) is 5.02 Å². The predicted molar refractivity (Wildman–Crippen MR) is 98.2 cm³/mol. The second kappa shape index (κ2) is 7.24. The third-order valence-corrected chi connectivity index (χ3v) is 4.77. The highest BCUT2D eigenvalue weighted by Crippen LogP contribution is 2.23. The number of halogens is 1. The molecule has 1 saturated heterocycles. The SMILES string of the molecule is Cc1cc(C(=O)NC2CCN(Cc3ccccc3)C2)c(Cl)cc1N. The number of likely N-dealkylation sites (tertiary alicyclic amines) is 1. The van der Waals surface area contributed by atoms with Gasteiger partial charge in [-0.1, -0.05) is 41.9 Å². The van der Waals surface area contributed by atoms with Crippen molar-refractivity contribution in [2.24, 2.45) is 0 Å². The number of anilines is 1. The second-order valence-electron chi connectivity index (χ2n) is 6.37. The number of rotatable bonds is 4. The van der Waals surface area contributed by atoms with Crippen LogP contribution in [0.1, 0.15) is 27.9 Å². The van der Waals surface area contributed by atoms with Crippen molar-refractivity contribution in [2.75, 3.05) is 18.8 Å². The Hall–Kier alpha value is -2.04. The Kier molecular flexibility index (Phi) is 5.07. The van der Waals surface area contributed by atoms with Gasteiger partial charge in [0.05, 0.1) is 10.6 Å². The number of aryl methyl sites for hydroxylation is 1. The number of amides is 1. The van der Waals surface area contributed by atoms with Gasteiger partial charge in [0.25, 0.3) is 5.91 Å². The van der Waals surface area contributed by atoms with E-state index < -0.39 is 0 Å². The maximum atomic E-state index is 12.5. The van der Waals surface area contributed by atoms with E-state index in [9.17, 15) is 4.79 Å². The molecule has 3 rings (SSSR count). The maximum Gasteiger partial charge on any atom is 0.253 e. The van der Waals surface area contributed by atoms with E-state index in [2.05, 4.69) is 34.5 Å². The molecule has 4 nitrogen and oxygen atoms in total. The van der Waals surface area contributed by atoms with Crippen LogP contribution in [0.25, 0.3) is 0 Å². The molecule has 0 radical (unpaired) electrons. The molecule has 1 unspecified atom stereocenters. The molecular weight excluding hydrogens is 322 g/mol. The maximum absolute atomic E-state index is 12.5. The van der Waals surface area contributed by atoms with Crippen LogP contribution >= 0.6 is 11.6 Å². The quantitative estimate of drug-likeness (QED) is 0.838. The molecule has 2 aromatic rings. The van der Waals surface area contributed by atoms with Gasteiger partial charge in [-0.25, -0.2) is 0 Å². The smallest absolute Gasteiger partial charge is 0.253 e. The topological polar surface area (TPSA) is 58.4 Å². The number of carbonyl (C=O) groups excluding carboxylic acids is 1. The summed E-state index contributed by atoms with van der Waals surface area (Å²) >= 11 is 6.17. The van der Waals surface area contributed by atoms with Gasteiger partial charge in [-0.3, -0.25) is 9.69 Å². The zero-order chi connectivity index (χ0) is 17.1. The fraction of sp³-hybridized carbons (Fsp3) is 0.316. The fourth-order valence-corrected chi connectivity index (χ4v) is 3.33. The first-order valence-electron chi connectivity index (χ1n) is 8.15. The van der Waals surface area contributed by atoms with Crippen molar-refractivity contribution in [3.63, 3.8) is 0 Å². The lowest BCUT2D eigenvalue weighted by atomic mass is 10.1. The minimum atomic E-state index is -0.130. The predicted octanol–water partition coefficient (Wildman–Crippen LogP) is 3.23. The average molecular weight is 344 g/mol. The highest BCUT2D eigenvalue weighted by molar-refractivity contribution is 6.34. The molecule has 0 aromatic heterocycles. The molecule has 1 amide bonds. The molecule has 126 valence electrons. The number of nitrogens with one attached hydrogen (secondary N) is 1. The van der Waals surface area contributed by atoms with Gasteiger partial charge in [0.1, 0.15) is 0 Å². The lowest BCUT2D eigenvalue weighted by molar-refractivity contribution is 0.0937. The average Bonchev–Trinajstić information content (AvgIpc) is 2.98. The first kappa shape index (κ1) is 16.8. The molecule has 0 bridgehead atoms. The van der Waals surface area contributed by atoms with Gasteiger partial charge in [-0.15, -0.1) is 0 Å². The molecule has 0 saturated carbocycles. The highest BCUT2D eigenvalue weighted by Gasteiger charge is 2.25. The fourth-order valence-electron chi connectivity index (χ4n) is 3.07. The highest BCUT2D eigenvalue weighted by atomic mass is 35.5. The second-order valence-corrected chi connectivity index (χ2v) is 6.78. The molecule has 1 fully saturated rings. The Morgan fingerprint density at radius 2 is 2.08 bits per heavy atom. The Balaban J connectivity index is 1.59. The Bertz CT molecular complexity index is 733. The van der Waals surface area contributed by atoms with Crippen molar-refractivity contribution in [3.05, 3.63) is 64.2 Å². The lowest BCUT2D eigenvalue weighted by Crippen LogP contribution is -2.37. The van der Waals surface area contributed by atoms with Gasteiger partial charge < -0.3 is 11.1 Å². The van der Waals surface area contributed by atoms with Gasteiger partial charge in [0.2, 0.25) is 0 Å². The van der Waals surface area contributed by atoms with Crippen LogP contribution in [-0.4, -0.2) is 29.9 Å². The van der Waals surface area contributed by atoms with E-state index in [1.54, 1.807) is 12.1 Å². The van der Waals surface area contributed by atoms with Gasteiger partial charge in [-0.05, 0) is 36.6 Å². The number of hydrogen-bond donors (Lipinski definition) is 2. The van der Waals surface area contributed by atoms with Crippen molar-refractivity contribution in [3.8, 4) is 0 Å². The summed E-state index contributed by atoms with van der Waals surface area (Å²) in [5, 5.41) is 3.49. The van der Waals surface area contributed by atoms with Gasteiger partial charge >= 0.3 is 0 Å². The van der Waals surface area contributed by atoms with E-state index in [4.69, 9.17) is 17.3 Å². The summed E-state index contributed by atoms with van der Waals surface area (Å²) < 4.78 is 0. The van der Waals surface area contributed by atoms with E-state index in [1.165, 1.54) is 5.56 Å². The standard InChI is InChI=1S/C19H22ClN3O/c1-13-9-16(17(20)10-18(13)21)19(24)22-15-7-8-23(12-15)11-14-5-3-2-4-6-14/h2-6,9-10,15H,7-8,11-12,21H2,1H3,(H,22,24). The molecule has 1 heterocycles. The van der Waals surface area contributed by atoms with E-state index >= 15 is 0 Å². The Labute approximate surface area is 147 Å². The van der Waals surface area contributed by atoms with Crippen molar-refractivity contribution in [2.45, 2.75) is 25.9 Å². The summed E-state index contributed by atoms with van der Waals surface area (Å²) in [4.78, 5) is 14.9. The zero-order valence-electron chi connectivity index (χ0n) is 13.8. The van der Waals surface area contributed by atoms with Crippen LogP contribution in [-0.2, 0) is 6.54 Å². The molecule has 1 aliphatic heterocycles. The normalized spacial score (nSPS) is 17.8. The minimum absolute atomic E-state index is 0.130. The van der Waals surface area contributed by atoms with Gasteiger partial charge in [0.15, 0.2) is 0 Å². The van der Waals surface area contributed by atoms with Crippen LogP contribution in [0, 0.1) is 6.92 Å². The molecule has 0 spiro atoms. The van der Waals surface area contributed by atoms with Crippen molar-refractivity contribution in [1.82, 2.24) is 10.2 Å². The van der Waals surface area contributed by atoms with Crippen LogP contribution in [0.3, 0.4) is 0 Å². The summed E-state index contributed by atoms with van der Waals surface area (Å²) in [5.74, 6) is -0.130. The molecule has 2 aromatic carbocycles. The van der Waals surface area contributed by atoms with Crippen LogP contribution in [0.15, 0.2) is 42.5 Å². The van der Waals surface area contributed by atoms with Crippen molar-refractivity contribution in [1.29, 1.82) is 0 Å². The molecule has 1 aliphatic rings. The lowest BCUT2D eigenvalue weighted by Gasteiger charge is -2.17. The van der Waals surface area contributed by atoms with Gasteiger partial charge in [0, 0.05) is 31.4 Å². The van der Waals surface area contributed by atoms with Crippen LogP contribution < -0.4 is 11.1 Å². The molecule has 1 atom stereocenters. The summed E-state index contributed by atoms with van der Waals surface area (Å²) in [6.07, 6.45) is 0.949. The zero-order valence-corrected chi connectivity index (χ0v) is 14.5. The van der Waals surface area contributed by atoms with E-state index in [0.717, 1.165) is 31.6 Å². The van der Waals surface area contributed by atoms with Crippen LogP contribution in [0.4, 0.5) is 5.69 Å². The number of nitrogens with two attached hydrogens (primary N) is 1. The van der Waals surface area contributed by atoms with E-state index in [1.807, 2.05) is 13.0 Å². The third kappa shape index (κ3) is 3.89. The largest absolute Gasteiger partial charge is 0.398 e. The van der Waals surface area contributed by atoms with E-state index in [-0.39, 0.29) is 11.9 Å². The van der Waals surface area contributed by atoms with Gasteiger partial charge in [-0.2, -0.15) is 0 Å². The molecule has 3 N–H and O–H groups in total. The first-order chi connectivity index (χ1) is 11.5. The summed E-state index contributed by atoms with van der Waals surface area (Å²) in [6, 6.07) is 13.9. The minimum Gasteiger partial charge on any atom is -0.398 e. The first-order valence-corrected chi connectivity index (χ1v) is 8.53. The van der Waals surface area contributed by atoms with E-state index in [0.29, 0.717) is 16.3 Å². The molecular formula is C19H22ClN3O. The summed E-state index contributed by atoms with van der Waals surface area (Å²) in [7, 11) is 0. The number of hydrogen-bond acceptors (Lipinski definition) is 3. The monoisotopic (exact) mass is 343 g/mol. The number of nitrogens with zero attached hydrogens (tertiary/aromatic N) is 1. The number of carbonyl (C=O) groups is 1. The third-order valence-electron chi connectivity index (χ3n) is 4.46. The Morgan fingerprint density at radius 1 is 1.33 bits per heavy atom. The summed E-state index contributed by atoms with van der Waals surface area (Å²) in [5.41, 5.74) is 9.07. The summed E-state index contributed by atoms with van der Waals surface area (Å²) in [6.45, 7) is 4.62. The molecule has 24 heavy (non-hydrogen) atoms.